The van der Waals surface area contributed by atoms with Crippen molar-refractivity contribution in [1.29, 1.82) is 0 Å². The summed E-state index contributed by atoms with van der Waals surface area (Å²) >= 11 is 3.18. The summed E-state index contributed by atoms with van der Waals surface area (Å²) in [5.41, 5.74) is 2.59. The largest absolute Gasteiger partial charge is 0.508 e. The predicted octanol–water partition coefficient (Wildman–Crippen LogP) is 4.70. The zero-order valence-corrected chi connectivity index (χ0v) is 15.4. The van der Waals surface area contributed by atoms with Gasteiger partial charge in [-0.2, -0.15) is 0 Å². The van der Waals surface area contributed by atoms with Gasteiger partial charge in [-0.1, -0.05) is 30.3 Å². The minimum Gasteiger partial charge on any atom is -0.508 e. The highest BCUT2D eigenvalue weighted by Gasteiger charge is 2.14. The zero-order chi connectivity index (χ0) is 17.9. The molecule has 2 heterocycles. The maximum atomic E-state index is 12.3. The van der Waals surface area contributed by atoms with E-state index in [1.54, 1.807) is 28.8 Å². The third-order valence-corrected chi connectivity index (χ3v) is 5.92. The Bertz CT molecular complexity index is 1050. The molecule has 2 N–H and O–H groups in total. The summed E-state index contributed by atoms with van der Waals surface area (Å²) in [6, 6.07) is 15.2. The molecule has 130 valence electrons. The van der Waals surface area contributed by atoms with Crippen LogP contribution in [0.4, 0.5) is 0 Å². The number of phenolic OH excluding ortho intramolecular Hbond substituents is 1. The molecule has 0 aliphatic heterocycles. The molecule has 0 atom stereocenters. The molecule has 4 aromatic rings. The van der Waals surface area contributed by atoms with E-state index in [0.29, 0.717) is 18.7 Å². The maximum Gasteiger partial charge on any atom is 0.270 e. The molecule has 4 nitrogen and oxygen atoms in total. The highest BCUT2D eigenvalue weighted by atomic mass is 32.1. The molecule has 6 heteroatoms. The van der Waals surface area contributed by atoms with Gasteiger partial charge >= 0.3 is 0 Å². The Morgan fingerprint density at radius 1 is 1.04 bits per heavy atom. The molecule has 2 aromatic heterocycles. The fraction of sp³-hybridized carbons (Fsp3) is 0.100. The number of amides is 1. The Morgan fingerprint density at radius 2 is 1.85 bits per heavy atom. The van der Waals surface area contributed by atoms with E-state index in [-0.39, 0.29) is 11.7 Å². The number of benzene rings is 2. The summed E-state index contributed by atoms with van der Waals surface area (Å²) in [7, 11) is 0. The first-order valence-electron chi connectivity index (χ1n) is 8.19. The Kier molecular flexibility index (Phi) is 4.69. The summed E-state index contributed by atoms with van der Waals surface area (Å²) in [6.45, 7) is 0.526. The van der Waals surface area contributed by atoms with Crippen molar-refractivity contribution in [1.82, 2.24) is 10.3 Å². The average molecular weight is 380 g/mol. The van der Waals surface area contributed by atoms with E-state index in [9.17, 15) is 9.90 Å². The molecular weight excluding hydrogens is 364 g/mol. The smallest absolute Gasteiger partial charge is 0.270 e. The summed E-state index contributed by atoms with van der Waals surface area (Å²) in [5, 5.41) is 18.1. The van der Waals surface area contributed by atoms with Crippen LogP contribution >= 0.6 is 22.7 Å². The van der Waals surface area contributed by atoms with Gasteiger partial charge in [0, 0.05) is 33.0 Å². The number of carbonyl (C=O) groups is 1. The molecule has 0 aliphatic carbocycles. The number of hydrogen-bond acceptors (Lipinski definition) is 5. The lowest BCUT2D eigenvalue weighted by Crippen LogP contribution is -2.25. The van der Waals surface area contributed by atoms with Crippen molar-refractivity contribution in [3.05, 3.63) is 70.5 Å². The molecule has 0 saturated carbocycles. The van der Waals surface area contributed by atoms with Crippen LogP contribution in [0, 0.1) is 0 Å². The Labute approximate surface area is 158 Å². The Morgan fingerprint density at radius 3 is 2.69 bits per heavy atom. The van der Waals surface area contributed by atoms with Gasteiger partial charge in [0.2, 0.25) is 0 Å². The van der Waals surface area contributed by atoms with E-state index in [0.717, 1.165) is 16.1 Å². The number of carbonyl (C=O) groups excluding carboxylic acids is 1. The van der Waals surface area contributed by atoms with Crippen molar-refractivity contribution in [2.75, 3.05) is 6.54 Å². The van der Waals surface area contributed by atoms with Crippen LogP contribution in [0.2, 0.25) is 0 Å². The van der Waals surface area contributed by atoms with Crippen LogP contribution in [0.1, 0.15) is 16.1 Å². The number of nitrogens with one attached hydrogen (secondary N) is 1. The molecule has 0 spiro atoms. The molecule has 0 aliphatic rings. The number of thiazole rings is 1. The monoisotopic (exact) mass is 380 g/mol. The summed E-state index contributed by atoms with van der Waals surface area (Å²) in [6.07, 6.45) is 0.707. The normalized spacial score (nSPS) is 10.9. The van der Waals surface area contributed by atoms with Crippen LogP contribution in [-0.2, 0) is 6.42 Å². The van der Waals surface area contributed by atoms with Crippen LogP contribution in [0.25, 0.3) is 20.7 Å². The second-order valence-electron chi connectivity index (χ2n) is 5.86. The fourth-order valence-electron chi connectivity index (χ4n) is 2.72. The van der Waals surface area contributed by atoms with Gasteiger partial charge in [0.05, 0.1) is 0 Å². The topological polar surface area (TPSA) is 62.2 Å². The molecule has 26 heavy (non-hydrogen) atoms. The molecule has 4 rings (SSSR count). The van der Waals surface area contributed by atoms with Crippen LogP contribution in [0.5, 0.6) is 5.75 Å². The number of hydrogen-bond donors (Lipinski definition) is 2. The van der Waals surface area contributed by atoms with Gasteiger partial charge in [0.1, 0.15) is 16.5 Å². The molecule has 2 aromatic carbocycles. The predicted molar refractivity (Wildman–Crippen MR) is 107 cm³/mol. The first-order chi connectivity index (χ1) is 12.7. The van der Waals surface area contributed by atoms with E-state index < -0.39 is 0 Å². The molecule has 0 radical (unpaired) electrons. The lowest BCUT2D eigenvalue weighted by atomic mass is 10.1. The zero-order valence-electron chi connectivity index (χ0n) is 13.8. The van der Waals surface area contributed by atoms with Crippen LogP contribution < -0.4 is 5.32 Å². The molecule has 0 unspecified atom stereocenters. The van der Waals surface area contributed by atoms with Crippen molar-refractivity contribution in [2.24, 2.45) is 0 Å². The van der Waals surface area contributed by atoms with E-state index in [1.807, 2.05) is 24.3 Å². The number of aromatic nitrogens is 1. The van der Waals surface area contributed by atoms with Crippen molar-refractivity contribution >= 4 is 38.7 Å². The van der Waals surface area contributed by atoms with Crippen molar-refractivity contribution in [3.8, 4) is 16.3 Å². The summed E-state index contributed by atoms with van der Waals surface area (Å²) in [5.74, 6) is 0.0829. The van der Waals surface area contributed by atoms with Crippen molar-refractivity contribution in [2.45, 2.75) is 6.42 Å². The maximum absolute atomic E-state index is 12.3. The number of rotatable bonds is 5. The second-order valence-corrected chi connectivity index (χ2v) is 7.63. The van der Waals surface area contributed by atoms with Gasteiger partial charge in [-0.05, 0) is 30.2 Å². The van der Waals surface area contributed by atoms with Crippen LogP contribution in [0.15, 0.2) is 59.3 Å². The van der Waals surface area contributed by atoms with E-state index in [4.69, 9.17) is 0 Å². The summed E-state index contributed by atoms with van der Waals surface area (Å²) in [4.78, 5) is 16.9. The number of phenols is 1. The van der Waals surface area contributed by atoms with E-state index in [1.165, 1.54) is 21.4 Å². The van der Waals surface area contributed by atoms with E-state index >= 15 is 0 Å². The lowest BCUT2D eigenvalue weighted by molar-refractivity contribution is 0.0950. The molecular formula is C20H16N2O2S2. The molecule has 0 fully saturated rings. The summed E-state index contributed by atoms with van der Waals surface area (Å²) < 4.78 is 1.22. The van der Waals surface area contributed by atoms with Gasteiger partial charge < -0.3 is 10.4 Å². The number of aromatic hydroxyl groups is 1. The van der Waals surface area contributed by atoms with Crippen LogP contribution in [0.3, 0.4) is 0 Å². The standard InChI is InChI=1S/C20H16N2O2S2/c23-14-7-5-13(6-8-14)9-10-21-19(24)17-12-26-20(22-17)16-11-25-18-4-2-1-3-15(16)18/h1-8,11-12,23H,9-10H2,(H,21,24). The number of fused-ring (bicyclic) bond motifs is 1. The molecule has 0 bridgehead atoms. The second kappa shape index (κ2) is 7.27. The third kappa shape index (κ3) is 3.47. The van der Waals surface area contributed by atoms with Gasteiger partial charge in [-0.25, -0.2) is 4.98 Å². The minimum absolute atomic E-state index is 0.161. The first-order valence-corrected chi connectivity index (χ1v) is 9.95. The van der Waals surface area contributed by atoms with Crippen molar-refractivity contribution < 1.29 is 9.90 Å². The van der Waals surface area contributed by atoms with Gasteiger partial charge in [-0.3, -0.25) is 4.79 Å². The van der Waals surface area contributed by atoms with Crippen molar-refractivity contribution in [3.63, 3.8) is 0 Å². The van der Waals surface area contributed by atoms with E-state index in [2.05, 4.69) is 27.8 Å². The fourth-order valence-corrected chi connectivity index (χ4v) is 4.57. The Hall–Kier alpha value is -2.70. The van der Waals surface area contributed by atoms with Gasteiger partial charge in [0.25, 0.3) is 5.91 Å². The third-order valence-electron chi connectivity index (χ3n) is 4.08. The highest BCUT2D eigenvalue weighted by molar-refractivity contribution is 7.19. The quantitative estimate of drug-likeness (QED) is 0.527. The lowest BCUT2D eigenvalue weighted by Gasteiger charge is -2.03. The van der Waals surface area contributed by atoms with Gasteiger partial charge in [0.15, 0.2) is 0 Å². The van der Waals surface area contributed by atoms with Crippen LogP contribution in [-0.4, -0.2) is 22.5 Å². The van der Waals surface area contributed by atoms with Gasteiger partial charge in [-0.15, -0.1) is 22.7 Å². The first kappa shape index (κ1) is 16.8. The Balaban J connectivity index is 1.42. The average Bonchev–Trinajstić information content (AvgIpc) is 3.30. The molecule has 0 saturated heterocycles. The molecule has 1 amide bonds. The SMILES string of the molecule is O=C(NCCc1ccc(O)cc1)c1csc(-c2csc3ccccc23)n1. The highest BCUT2D eigenvalue weighted by Crippen LogP contribution is 2.35. The number of thiophene rings is 1. The number of nitrogens with zero attached hydrogens (tertiary/aromatic N) is 1. The minimum atomic E-state index is -0.161.